The molecule has 10 aromatic rings. The van der Waals surface area contributed by atoms with Gasteiger partial charge < -0.3 is 34.8 Å². The average Bonchev–Trinajstić information content (AvgIpc) is 4.29. The fourth-order valence-electron chi connectivity index (χ4n) is 8.75. The van der Waals surface area contributed by atoms with Crippen molar-refractivity contribution in [3.8, 4) is 55.9 Å². The van der Waals surface area contributed by atoms with Crippen LogP contribution in [0.1, 0.15) is 30.9 Å². The number of aromatic amines is 4. The third-order valence-electron chi connectivity index (χ3n) is 12.7. The van der Waals surface area contributed by atoms with Crippen molar-refractivity contribution < 1.29 is 14.2 Å². The number of thiophene rings is 2. The number of imidazole rings is 2. The van der Waals surface area contributed by atoms with Crippen molar-refractivity contribution in [3.63, 3.8) is 0 Å². The van der Waals surface area contributed by atoms with E-state index in [4.69, 9.17) is 47.4 Å². The van der Waals surface area contributed by atoms with Gasteiger partial charge in [0, 0.05) is 31.6 Å². The van der Waals surface area contributed by atoms with Gasteiger partial charge in [0.15, 0.2) is 46.4 Å². The first-order chi connectivity index (χ1) is 35.7. The number of hydrogen-bond acceptors (Lipinski definition) is 17. The molecule has 73 heavy (non-hydrogen) atoms. The largest absolute Gasteiger partial charge is 0.491 e. The summed E-state index contributed by atoms with van der Waals surface area (Å²) >= 11 is 15.4. The highest BCUT2D eigenvalue weighted by Gasteiger charge is 2.21. The molecule has 374 valence electrons. The van der Waals surface area contributed by atoms with Gasteiger partial charge in [-0.1, -0.05) is 42.3 Å². The van der Waals surface area contributed by atoms with Crippen LogP contribution in [0.5, 0.6) is 11.5 Å². The Morgan fingerprint density at radius 1 is 0.685 bits per heavy atom. The highest BCUT2D eigenvalue weighted by Crippen LogP contribution is 2.37. The molecular formula is C50H50Cl2N16O3S2. The number of nitrogens with zero attached hydrogens (tertiary/aromatic N) is 10. The zero-order chi connectivity index (χ0) is 49.8. The zero-order valence-corrected chi connectivity index (χ0v) is 43.1. The molecular weight excluding hydrogens is 1010 g/mol. The second-order valence-electron chi connectivity index (χ2n) is 17.7. The molecule has 10 heterocycles. The van der Waals surface area contributed by atoms with Crippen LogP contribution < -0.4 is 20.1 Å². The lowest BCUT2D eigenvalue weighted by molar-refractivity contribution is 0.0342. The quantitative estimate of drug-likeness (QED) is 0.0596. The number of morpholine rings is 1. The van der Waals surface area contributed by atoms with Gasteiger partial charge >= 0.3 is 0 Å². The van der Waals surface area contributed by atoms with Gasteiger partial charge in [-0.3, -0.25) is 20.0 Å². The first-order valence-corrected chi connectivity index (χ1v) is 26.2. The van der Waals surface area contributed by atoms with Crippen LogP contribution in [-0.2, 0) is 17.8 Å². The first kappa shape index (κ1) is 48.3. The van der Waals surface area contributed by atoms with Crippen molar-refractivity contribution in [1.82, 2.24) is 70.1 Å². The summed E-state index contributed by atoms with van der Waals surface area (Å²) in [6, 6.07) is 16.4. The number of ether oxygens (including phenoxy) is 3. The Hall–Kier alpha value is -6.98. The van der Waals surface area contributed by atoms with Crippen LogP contribution in [0.4, 0.5) is 23.0 Å². The molecule has 0 saturated carbocycles. The lowest BCUT2D eigenvalue weighted by atomic mass is 9.99. The minimum atomic E-state index is 0.496. The number of rotatable bonds is 14. The van der Waals surface area contributed by atoms with Gasteiger partial charge in [0.2, 0.25) is 0 Å². The van der Waals surface area contributed by atoms with Crippen molar-refractivity contribution >= 4 is 91.0 Å². The van der Waals surface area contributed by atoms with Crippen LogP contribution in [0.25, 0.3) is 66.5 Å². The number of aromatic nitrogens is 12. The molecule has 2 saturated heterocycles. The second-order valence-corrected chi connectivity index (χ2v) is 20.4. The third-order valence-corrected chi connectivity index (χ3v) is 15.3. The summed E-state index contributed by atoms with van der Waals surface area (Å²) < 4.78 is 16.4. The molecule has 2 aliphatic rings. The molecule has 6 N–H and O–H groups in total. The predicted octanol–water partition coefficient (Wildman–Crippen LogP) is 10.8. The van der Waals surface area contributed by atoms with Crippen LogP contribution in [-0.4, -0.2) is 124 Å². The Morgan fingerprint density at radius 2 is 1.25 bits per heavy atom. The van der Waals surface area contributed by atoms with E-state index in [0.29, 0.717) is 73.5 Å². The van der Waals surface area contributed by atoms with Crippen LogP contribution in [0.15, 0.2) is 84.1 Å². The van der Waals surface area contributed by atoms with E-state index in [-0.39, 0.29) is 0 Å². The summed E-state index contributed by atoms with van der Waals surface area (Å²) in [4.78, 5) is 41.2. The molecule has 19 nitrogen and oxygen atoms in total. The van der Waals surface area contributed by atoms with E-state index in [9.17, 15) is 0 Å². The smallest absolute Gasteiger partial charge is 0.179 e. The van der Waals surface area contributed by atoms with E-state index in [2.05, 4.69) is 108 Å². The van der Waals surface area contributed by atoms with E-state index in [1.54, 1.807) is 39.0 Å². The van der Waals surface area contributed by atoms with Crippen LogP contribution >= 0.6 is 45.9 Å². The zero-order valence-electron chi connectivity index (χ0n) is 40.0. The maximum Gasteiger partial charge on any atom is 0.179 e. The third kappa shape index (κ3) is 10.9. The fraction of sp³-hybridized carbons (Fsp3) is 0.280. The number of benzene rings is 2. The molecule has 0 aliphatic carbocycles. The topological polar surface area (TPSA) is 225 Å². The number of methoxy groups -OCH3 is 2. The van der Waals surface area contributed by atoms with Gasteiger partial charge in [-0.25, -0.2) is 29.9 Å². The van der Waals surface area contributed by atoms with Gasteiger partial charge in [0.25, 0.3) is 0 Å². The lowest BCUT2D eigenvalue weighted by Crippen LogP contribution is -2.35. The average molecular weight is 1060 g/mol. The normalized spacial score (nSPS) is 14.6. The molecule has 0 unspecified atom stereocenters. The summed E-state index contributed by atoms with van der Waals surface area (Å²) in [5, 5.41) is 26.3. The van der Waals surface area contributed by atoms with Crippen molar-refractivity contribution in [2.75, 3.05) is 64.2 Å². The van der Waals surface area contributed by atoms with Crippen LogP contribution in [0, 0.1) is 5.92 Å². The Kier molecular flexibility index (Phi) is 14.3. The fourth-order valence-corrected chi connectivity index (χ4v) is 10.8. The highest BCUT2D eigenvalue weighted by molar-refractivity contribution is 7.14. The van der Waals surface area contributed by atoms with E-state index in [0.717, 1.165) is 95.9 Å². The van der Waals surface area contributed by atoms with Gasteiger partial charge in [-0.05, 0) is 84.8 Å². The minimum Gasteiger partial charge on any atom is -0.491 e. The molecule has 0 bridgehead atoms. The maximum atomic E-state index is 6.30. The summed E-state index contributed by atoms with van der Waals surface area (Å²) in [5.74, 6) is 5.29. The monoisotopic (exact) mass is 1060 g/mol. The standard InChI is InChI=1S/C26H27ClN8OS.C24H23ClN8O2S/c1-15-5-7-35(8-6-15)13-16-3-4-18-19(9-16)31-26(30-18)23-20(11-29-34-23)32-24-21(36-2)12-28-25(33-24)22-10-17(27)14-37-22;1-34-19-12-26-24(21-15(25)4-9-36-21)31-22(19)30-18-11-27-32-20(18)23-28-16-3-2-14(10-17(16)29-23)13-33-5-7-35-8-6-33/h3-4,9-12,14-15H,5-8,13H2,1-2H3,(H,29,34)(H,30,31)(H,28,32,33);2-4,9-12H,5-8,13H2,1H3,(H,27,32)(H,28,29)(H,26,30,31). The summed E-state index contributed by atoms with van der Waals surface area (Å²) in [6.07, 6.45) is 9.19. The number of hydrogen-bond donors (Lipinski definition) is 6. The molecule has 8 aromatic heterocycles. The molecule has 0 amide bonds. The minimum absolute atomic E-state index is 0.496. The molecule has 0 atom stereocenters. The van der Waals surface area contributed by atoms with Gasteiger partial charge in [0.05, 0.1) is 105 Å². The number of halogens is 2. The number of H-pyrrole nitrogens is 4. The van der Waals surface area contributed by atoms with Gasteiger partial charge in [-0.15, -0.1) is 22.7 Å². The summed E-state index contributed by atoms with van der Waals surface area (Å²) in [5.41, 5.74) is 9.10. The van der Waals surface area contributed by atoms with E-state index in [1.807, 2.05) is 29.0 Å². The maximum absolute atomic E-state index is 6.30. The van der Waals surface area contributed by atoms with Gasteiger partial charge in [-0.2, -0.15) is 10.2 Å². The number of nitrogens with one attached hydrogen (secondary N) is 6. The van der Waals surface area contributed by atoms with Crippen molar-refractivity contribution in [3.05, 3.63) is 105 Å². The second kappa shape index (κ2) is 21.6. The van der Waals surface area contributed by atoms with Crippen molar-refractivity contribution in [1.29, 1.82) is 0 Å². The summed E-state index contributed by atoms with van der Waals surface area (Å²) in [7, 11) is 3.16. The van der Waals surface area contributed by atoms with Crippen LogP contribution in [0.2, 0.25) is 10.0 Å². The molecule has 2 aliphatic heterocycles. The number of anilines is 4. The molecule has 0 radical (unpaired) electrons. The lowest BCUT2D eigenvalue weighted by Gasteiger charge is -2.30. The van der Waals surface area contributed by atoms with Crippen molar-refractivity contribution in [2.24, 2.45) is 5.92 Å². The number of fused-ring (bicyclic) bond motifs is 2. The Morgan fingerprint density at radius 3 is 1.78 bits per heavy atom. The first-order valence-electron chi connectivity index (χ1n) is 23.6. The van der Waals surface area contributed by atoms with Crippen molar-refractivity contribution in [2.45, 2.75) is 32.9 Å². The SMILES string of the molecule is COc1cnc(-c2cc(Cl)cs2)nc1Nc1cn[nH]c1-c1nc2ccc(CN3CCC(C)CC3)cc2[nH]1.COc1cnc(-c2sccc2Cl)nc1Nc1cn[nH]c1-c1nc2ccc(CN3CCOCC3)cc2[nH]1. The predicted molar refractivity (Wildman–Crippen MR) is 288 cm³/mol. The molecule has 23 heteroatoms. The van der Waals surface area contributed by atoms with Crippen LogP contribution in [0.3, 0.4) is 0 Å². The Bertz CT molecular complexity index is 3500. The van der Waals surface area contributed by atoms with E-state index < -0.39 is 0 Å². The highest BCUT2D eigenvalue weighted by atomic mass is 35.5. The van der Waals surface area contributed by atoms with E-state index in [1.165, 1.54) is 46.6 Å². The Balaban J connectivity index is 0.000000157. The number of piperidine rings is 1. The van der Waals surface area contributed by atoms with Gasteiger partial charge in [0.1, 0.15) is 11.4 Å². The molecule has 2 fully saturated rings. The number of likely N-dealkylation sites (tertiary alicyclic amines) is 1. The Labute approximate surface area is 437 Å². The summed E-state index contributed by atoms with van der Waals surface area (Å²) in [6.45, 7) is 9.96. The molecule has 0 spiro atoms. The van der Waals surface area contributed by atoms with E-state index >= 15 is 0 Å². The molecule has 2 aromatic carbocycles. The molecule has 12 rings (SSSR count).